The molecular weight excluding hydrogens is 362 g/mol. The zero-order chi connectivity index (χ0) is 19.9. The lowest BCUT2D eigenvalue weighted by Gasteiger charge is -2.06. The van der Waals surface area contributed by atoms with E-state index in [1.165, 1.54) is 0 Å². The molecule has 3 rings (SSSR count). The minimum Gasteiger partial charge on any atom is -0.497 e. The topological polar surface area (TPSA) is 104 Å². The Morgan fingerprint density at radius 1 is 1.11 bits per heavy atom. The van der Waals surface area contributed by atoms with Gasteiger partial charge in [0.1, 0.15) is 12.3 Å². The third kappa shape index (κ3) is 4.94. The van der Waals surface area contributed by atoms with Crippen LogP contribution in [0.25, 0.3) is 11.5 Å². The van der Waals surface area contributed by atoms with Crippen LogP contribution in [0.4, 0.5) is 0 Å². The monoisotopic (exact) mass is 381 g/mol. The summed E-state index contributed by atoms with van der Waals surface area (Å²) in [6.07, 6.45) is 0. The third-order valence-electron chi connectivity index (χ3n) is 3.83. The lowest BCUT2D eigenvalue weighted by Crippen LogP contribution is -2.30. The molecule has 1 amide bonds. The van der Waals surface area contributed by atoms with Crippen LogP contribution in [0.5, 0.6) is 5.75 Å². The van der Waals surface area contributed by atoms with E-state index in [-0.39, 0.29) is 24.9 Å². The second kappa shape index (κ2) is 8.81. The molecule has 0 saturated carbocycles. The van der Waals surface area contributed by atoms with E-state index in [1.54, 1.807) is 31.4 Å². The number of ether oxygens (including phenoxy) is 2. The summed E-state index contributed by atoms with van der Waals surface area (Å²) >= 11 is 0. The summed E-state index contributed by atoms with van der Waals surface area (Å²) in [4.78, 5) is 23.8. The Morgan fingerprint density at radius 2 is 1.89 bits per heavy atom. The number of carbonyl (C=O) groups excluding carboxylic acids is 2. The van der Waals surface area contributed by atoms with Crippen LogP contribution in [-0.4, -0.2) is 35.7 Å². The summed E-state index contributed by atoms with van der Waals surface area (Å²) in [5.74, 6) is 0.158. The molecule has 8 heteroatoms. The van der Waals surface area contributed by atoms with Crippen LogP contribution in [0.3, 0.4) is 0 Å². The number of methoxy groups -OCH3 is 1. The first-order valence-corrected chi connectivity index (χ1v) is 8.52. The van der Waals surface area contributed by atoms with Crippen molar-refractivity contribution < 1.29 is 23.5 Å². The molecule has 0 aliphatic carbocycles. The Kier molecular flexibility index (Phi) is 6.01. The van der Waals surface area contributed by atoms with Crippen molar-refractivity contribution in [3.05, 3.63) is 65.5 Å². The Balaban J connectivity index is 1.47. The summed E-state index contributed by atoms with van der Waals surface area (Å²) in [5.41, 5.74) is 2.27. The van der Waals surface area contributed by atoms with Gasteiger partial charge in [-0.05, 0) is 43.3 Å². The summed E-state index contributed by atoms with van der Waals surface area (Å²) in [6, 6.07) is 14.1. The highest BCUT2D eigenvalue weighted by atomic mass is 16.5. The zero-order valence-corrected chi connectivity index (χ0v) is 15.5. The maximum absolute atomic E-state index is 12.0. The molecule has 0 bridgehead atoms. The molecule has 0 aliphatic rings. The van der Waals surface area contributed by atoms with Gasteiger partial charge in [0.15, 0.2) is 6.61 Å². The number of aromatic nitrogens is 2. The Morgan fingerprint density at radius 3 is 2.61 bits per heavy atom. The SMILES string of the molecule is COc1ccc(C(=O)NCC(=O)OCc2nnc(-c3cccc(C)c3)o2)cc1. The third-order valence-corrected chi connectivity index (χ3v) is 3.83. The minimum absolute atomic E-state index is 0.171. The van der Waals surface area contributed by atoms with Crippen molar-refractivity contribution in [2.24, 2.45) is 0 Å². The fourth-order valence-electron chi connectivity index (χ4n) is 2.40. The average molecular weight is 381 g/mol. The molecule has 0 radical (unpaired) electrons. The van der Waals surface area contributed by atoms with Gasteiger partial charge in [0.2, 0.25) is 5.89 Å². The van der Waals surface area contributed by atoms with E-state index in [2.05, 4.69) is 15.5 Å². The fourth-order valence-corrected chi connectivity index (χ4v) is 2.40. The molecule has 8 nitrogen and oxygen atoms in total. The fraction of sp³-hybridized carbons (Fsp3) is 0.200. The second-order valence-electron chi connectivity index (χ2n) is 5.94. The van der Waals surface area contributed by atoms with Gasteiger partial charge in [0.05, 0.1) is 7.11 Å². The van der Waals surface area contributed by atoms with Gasteiger partial charge >= 0.3 is 5.97 Å². The van der Waals surface area contributed by atoms with Crippen molar-refractivity contribution in [1.82, 2.24) is 15.5 Å². The molecule has 28 heavy (non-hydrogen) atoms. The van der Waals surface area contributed by atoms with Crippen LogP contribution in [0.15, 0.2) is 52.9 Å². The Bertz CT molecular complexity index is 966. The van der Waals surface area contributed by atoms with Crippen molar-refractivity contribution in [1.29, 1.82) is 0 Å². The molecule has 0 atom stereocenters. The summed E-state index contributed by atoms with van der Waals surface area (Å²) in [7, 11) is 1.54. The predicted molar refractivity (Wildman–Crippen MR) is 99.6 cm³/mol. The smallest absolute Gasteiger partial charge is 0.325 e. The highest BCUT2D eigenvalue weighted by molar-refractivity contribution is 5.96. The minimum atomic E-state index is -0.614. The second-order valence-corrected chi connectivity index (χ2v) is 5.94. The molecule has 0 aliphatic heterocycles. The van der Waals surface area contributed by atoms with E-state index >= 15 is 0 Å². The number of aryl methyl sites for hydroxylation is 1. The van der Waals surface area contributed by atoms with Gasteiger partial charge in [0, 0.05) is 11.1 Å². The first-order valence-electron chi connectivity index (χ1n) is 8.52. The normalized spacial score (nSPS) is 10.4. The van der Waals surface area contributed by atoms with Gasteiger partial charge < -0.3 is 19.2 Å². The van der Waals surface area contributed by atoms with Crippen molar-refractivity contribution in [2.45, 2.75) is 13.5 Å². The van der Waals surface area contributed by atoms with E-state index in [4.69, 9.17) is 13.9 Å². The van der Waals surface area contributed by atoms with Crippen molar-refractivity contribution in [3.63, 3.8) is 0 Å². The molecule has 2 aromatic carbocycles. The zero-order valence-electron chi connectivity index (χ0n) is 15.5. The van der Waals surface area contributed by atoms with Gasteiger partial charge in [-0.15, -0.1) is 10.2 Å². The molecular formula is C20H19N3O5. The highest BCUT2D eigenvalue weighted by Gasteiger charge is 2.13. The van der Waals surface area contributed by atoms with E-state index in [0.717, 1.165) is 11.1 Å². The standard InChI is InChI=1S/C20H19N3O5/c1-13-4-3-5-15(10-13)20-23-22-17(28-20)12-27-18(24)11-21-19(25)14-6-8-16(26-2)9-7-14/h3-10H,11-12H2,1-2H3,(H,21,25). The van der Waals surface area contributed by atoms with E-state index in [1.807, 2.05) is 31.2 Å². The first kappa shape index (κ1) is 19.1. The number of hydrogen-bond donors (Lipinski definition) is 1. The molecule has 1 aromatic heterocycles. The number of nitrogens with one attached hydrogen (secondary N) is 1. The van der Waals surface area contributed by atoms with E-state index in [0.29, 0.717) is 17.2 Å². The molecule has 1 heterocycles. The van der Waals surface area contributed by atoms with Gasteiger partial charge in [-0.25, -0.2) is 0 Å². The number of esters is 1. The Hall–Kier alpha value is -3.68. The predicted octanol–water partition coefficient (Wildman–Crippen LogP) is 2.53. The Labute approximate surface area is 161 Å². The summed E-state index contributed by atoms with van der Waals surface area (Å²) < 4.78 is 15.6. The van der Waals surface area contributed by atoms with Crippen LogP contribution in [-0.2, 0) is 16.1 Å². The average Bonchev–Trinajstić information content (AvgIpc) is 3.19. The van der Waals surface area contributed by atoms with Crippen molar-refractivity contribution in [2.75, 3.05) is 13.7 Å². The van der Waals surface area contributed by atoms with E-state index < -0.39 is 5.97 Å². The molecule has 0 spiro atoms. The number of amides is 1. The largest absolute Gasteiger partial charge is 0.497 e. The number of nitrogens with zero attached hydrogens (tertiary/aromatic N) is 2. The highest BCUT2D eigenvalue weighted by Crippen LogP contribution is 2.19. The number of hydrogen-bond acceptors (Lipinski definition) is 7. The lowest BCUT2D eigenvalue weighted by molar-refractivity contribution is -0.144. The van der Waals surface area contributed by atoms with Crippen LogP contribution >= 0.6 is 0 Å². The lowest BCUT2D eigenvalue weighted by atomic mass is 10.1. The molecule has 3 aromatic rings. The summed E-state index contributed by atoms with van der Waals surface area (Å²) in [6.45, 7) is 1.52. The number of carbonyl (C=O) groups is 2. The van der Waals surface area contributed by atoms with Gasteiger partial charge in [-0.2, -0.15) is 0 Å². The van der Waals surface area contributed by atoms with Crippen LogP contribution < -0.4 is 10.1 Å². The summed E-state index contributed by atoms with van der Waals surface area (Å²) in [5, 5.41) is 10.3. The van der Waals surface area contributed by atoms with Gasteiger partial charge in [0.25, 0.3) is 11.8 Å². The van der Waals surface area contributed by atoms with Crippen molar-refractivity contribution >= 4 is 11.9 Å². The number of benzene rings is 2. The van der Waals surface area contributed by atoms with Crippen LogP contribution in [0, 0.1) is 6.92 Å². The van der Waals surface area contributed by atoms with Crippen LogP contribution in [0.2, 0.25) is 0 Å². The maximum Gasteiger partial charge on any atom is 0.325 e. The molecule has 144 valence electrons. The van der Waals surface area contributed by atoms with Gasteiger partial charge in [-0.3, -0.25) is 9.59 Å². The van der Waals surface area contributed by atoms with E-state index in [9.17, 15) is 9.59 Å². The molecule has 0 unspecified atom stereocenters. The first-order chi connectivity index (χ1) is 13.5. The van der Waals surface area contributed by atoms with Gasteiger partial charge in [-0.1, -0.05) is 17.7 Å². The van der Waals surface area contributed by atoms with Crippen molar-refractivity contribution in [3.8, 4) is 17.2 Å². The molecule has 0 fully saturated rings. The number of rotatable bonds is 7. The maximum atomic E-state index is 12.0. The quantitative estimate of drug-likeness (QED) is 0.627. The molecule has 0 saturated heterocycles. The van der Waals surface area contributed by atoms with Crippen LogP contribution in [0.1, 0.15) is 21.8 Å². The molecule has 1 N–H and O–H groups in total.